The molecule has 2 fully saturated rings. The molecule has 0 radical (unpaired) electrons. The summed E-state index contributed by atoms with van der Waals surface area (Å²) in [5.41, 5.74) is 0. The molecule has 0 bridgehead atoms. The molecule has 0 spiro atoms. The Labute approximate surface area is 147 Å². The molecule has 3 rings (SSSR count). The van der Waals surface area contributed by atoms with Gasteiger partial charge >= 0.3 is 0 Å². The maximum absolute atomic E-state index is 12.3. The molecular formula is C17H26N4O2S. The van der Waals surface area contributed by atoms with E-state index in [-0.39, 0.29) is 24.2 Å². The van der Waals surface area contributed by atoms with Crippen molar-refractivity contribution in [2.75, 3.05) is 18.0 Å². The van der Waals surface area contributed by atoms with Crippen LogP contribution in [0.15, 0.2) is 0 Å². The van der Waals surface area contributed by atoms with Crippen LogP contribution in [0.5, 0.6) is 0 Å². The van der Waals surface area contributed by atoms with Gasteiger partial charge in [-0.25, -0.2) is 0 Å². The molecule has 1 atom stereocenters. The lowest BCUT2D eigenvalue weighted by Gasteiger charge is -2.14. The molecule has 132 valence electrons. The lowest BCUT2D eigenvalue weighted by atomic mass is 10.0. The Bertz CT molecular complexity index is 595. The van der Waals surface area contributed by atoms with E-state index < -0.39 is 0 Å². The van der Waals surface area contributed by atoms with Crippen LogP contribution in [0.1, 0.15) is 63.3 Å². The second-order valence-electron chi connectivity index (χ2n) is 7.21. The lowest BCUT2D eigenvalue weighted by molar-refractivity contribution is -0.126. The molecule has 1 aromatic rings. The minimum absolute atomic E-state index is 0.00237. The molecule has 24 heavy (non-hydrogen) atoms. The molecule has 2 heterocycles. The number of hydrogen-bond donors (Lipinski definition) is 1. The zero-order valence-electron chi connectivity index (χ0n) is 14.5. The van der Waals surface area contributed by atoms with E-state index in [0.717, 1.165) is 23.9 Å². The molecule has 1 saturated carbocycles. The first-order chi connectivity index (χ1) is 11.5. The van der Waals surface area contributed by atoms with Crippen molar-refractivity contribution in [3.8, 4) is 0 Å². The highest BCUT2D eigenvalue weighted by atomic mass is 32.1. The molecule has 1 saturated heterocycles. The first-order valence-electron chi connectivity index (χ1n) is 8.96. The Morgan fingerprint density at radius 3 is 2.75 bits per heavy atom. The molecule has 1 aliphatic carbocycles. The molecular weight excluding hydrogens is 324 g/mol. The van der Waals surface area contributed by atoms with Gasteiger partial charge in [0.15, 0.2) is 0 Å². The van der Waals surface area contributed by atoms with Crippen molar-refractivity contribution in [1.29, 1.82) is 0 Å². The number of hydrogen-bond acceptors (Lipinski definition) is 5. The van der Waals surface area contributed by atoms with Crippen LogP contribution in [0, 0.1) is 11.8 Å². The minimum atomic E-state index is -0.271. The van der Waals surface area contributed by atoms with E-state index in [0.29, 0.717) is 17.6 Å². The average Bonchev–Trinajstić information content (AvgIpc) is 3.26. The van der Waals surface area contributed by atoms with E-state index >= 15 is 0 Å². The fourth-order valence-corrected chi connectivity index (χ4v) is 4.35. The summed E-state index contributed by atoms with van der Waals surface area (Å²) in [7, 11) is 0. The number of aromatic nitrogens is 2. The predicted octanol–water partition coefficient (Wildman–Crippen LogP) is 2.71. The first-order valence-corrected chi connectivity index (χ1v) is 9.77. The largest absolute Gasteiger partial charge is 0.356 e. The second-order valence-corrected chi connectivity index (χ2v) is 8.20. The van der Waals surface area contributed by atoms with Crippen molar-refractivity contribution in [2.24, 2.45) is 11.8 Å². The van der Waals surface area contributed by atoms with Crippen LogP contribution in [0.25, 0.3) is 0 Å². The summed E-state index contributed by atoms with van der Waals surface area (Å²) >= 11 is 1.44. The van der Waals surface area contributed by atoms with Gasteiger partial charge in [0.2, 0.25) is 16.9 Å². The van der Waals surface area contributed by atoms with Crippen LogP contribution < -0.4 is 10.2 Å². The van der Waals surface area contributed by atoms with E-state index in [1.165, 1.54) is 37.0 Å². The zero-order valence-corrected chi connectivity index (χ0v) is 15.3. The summed E-state index contributed by atoms with van der Waals surface area (Å²) in [4.78, 5) is 26.2. The van der Waals surface area contributed by atoms with Crippen molar-refractivity contribution in [1.82, 2.24) is 15.5 Å². The van der Waals surface area contributed by atoms with E-state index in [1.807, 2.05) is 0 Å². The molecule has 7 heteroatoms. The number of nitrogens with zero attached hydrogens (tertiary/aromatic N) is 3. The van der Waals surface area contributed by atoms with Crippen molar-refractivity contribution in [3.05, 3.63) is 5.01 Å². The number of anilines is 1. The Morgan fingerprint density at radius 1 is 1.33 bits per heavy atom. The monoisotopic (exact) mass is 350 g/mol. The summed E-state index contributed by atoms with van der Waals surface area (Å²) in [6, 6.07) is 0. The van der Waals surface area contributed by atoms with Crippen LogP contribution >= 0.6 is 11.3 Å². The van der Waals surface area contributed by atoms with Crippen LogP contribution in [0.2, 0.25) is 0 Å². The van der Waals surface area contributed by atoms with Gasteiger partial charge in [0.25, 0.3) is 0 Å². The molecule has 2 amide bonds. The highest BCUT2D eigenvalue weighted by Gasteiger charge is 2.36. The summed E-state index contributed by atoms with van der Waals surface area (Å²) < 4.78 is 0. The topological polar surface area (TPSA) is 75.2 Å². The third-order valence-electron chi connectivity index (χ3n) is 4.98. The summed E-state index contributed by atoms with van der Waals surface area (Å²) in [5.74, 6) is 0.758. The fraction of sp³-hybridized carbons (Fsp3) is 0.765. The number of amides is 2. The highest BCUT2D eigenvalue weighted by Crippen LogP contribution is 2.30. The maximum Gasteiger partial charge on any atom is 0.229 e. The second kappa shape index (κ2) is 7.59. The maximum atomic E-state index is 12.3. The highest BCUT2D eigenvalue weighted by molar-refractivity contribution is 7.15. The van der Waals surface area contributed by atoms with Crippen molar-refractivity contribution in [2.45, 2.75) is 58.3 Å². The Morgan fingerprint density at radius 2 is 2.08 bits per heavy atom. The normalized spacial score (nSPS) is 21.9. The van der Waals surface area contributed by atoms with E-state index in [9.17, 15) is 9.59 Å². The minimum Gasteiger partial charge on any atom is -0.356 e. The van der Waals surface area contributed by atoms with Crippen molar-refractivity contribution < 1.29 is 9.59 Å². The van der Waals surface area contributed by atoms with Crippen LogP contribution in [-0.4, -0.2) is 35.1 Å². The van der Waals surface area contributed by atoms with Gasteiger partial charge in [-0.1, -0.05) is 50.9 Å². The van der Waals surface area contributed by atoms with Gasteiger partial charge in [0, 0.05) is 25.4 Å². The zero-order chi connectivity index (χ0) is 17.1. The van der Waals surface area contributed by atoms with Gasteiger partial charge < -0.3 is 5.32 Å². The average molecular weight is 350 g/mol. The number of carbonyl (C=O) groups excluding carboxylic acids is 2. The smallest absolute Gasteiger partial charge is 0.229 e. The molecule has 1 unspecified atom stereocenters. The number of carbonyl (C=O) groups is 2. The summed E-state index contributed by atoms with van der Waals surface area (Å²) in [5, 5.41) is 12.8. The summed E-state index contributed by atoms with van der Waals surface area (Å²) in [6.07, 6.45) is 6.56. The standard InChI is InChI=1S/C17H26N4O2S/c1-11(2)16-19-20-17(24-16)21-10-13(9-14(21)22)15(23)18-8-7-12-5-3-4-6-12/h11-13H,3-10H2,1-2H3,(H,18,23). The molecule has 1 aromatic heterocycles. The predicted molar refractivity (Wildman–Crippen MR) is 94.0 cm³/mol. The molecule has 1 N–H and O–H groups in total. The van der Waals surface area contributed by atoms with Gasteiger partial charge in [0.05, 0.1) is 5.92 Å². The van der Waals surface area contributed by atoms with E-state index in [2.05, 4.69) is 29.4 Å². The Balaban J connectivity index is 1.50. The Hall–Kier alpha value is -1.50. The van der Waals surface area contributed by atoms with Gasteiger partial charge in [0.1, 0.15) is 5.01 Å². The van der Waals surface area contributed by atoms with Crippen LogP contribution in [0.3, 0.4) is 0 Å². The number of rotatable bonds is 6. The molecule has 6 nitrogen and oxygen atoms in total. The Kier molecular flexibility index (Phi) is 5.48. The van der Waals surface area contributed by atoms with E-state index in [1.54, 1.807) is 4.90 Å². The lowest BCUT2D eigenvalue weighted by Crippen LogP contribution is -2.34. The third-order valence-corrected chi connectivity index (χ3v) is 6.22. The number of nitrogens with one attached hydrogen (secondary N) is 1. The van der Waals surface area contributed by atoms with Gasteiger partial charge in [-0.2, -0.15) is 0 Å². The van der Waals surface area contributed by atoms with Gasteiger partial charge in [-0.15, -0.1) is 10.2 Å². The van der Waals surface area contributed by atoms with E-state index in [4.69, 9.17) is 0 Å². The first kappa shape index (κ1) is 17.3. The van der Waals surface area contributed by atoms with Gasteiger partial charge in [-0.3, -0.25) is 14.5 Å². The van der Waals surface area contributed by atoms with Crippen molar-refractivity contribution in [3.63, 3.8) is 0 Å². The third kappa shape index (κ3) is 3.94. The SMILES string of the molecule is CC(C)c1nnc(N2CC(C(=O)NCCC3CCCC3)CC2=O)s1. The summed E-state index contributed by atoms with van der Waals surface area (Å²) in [6.45, 7) is 5.25. The van der Waals surface area contributed by atoms with Crippen molar-refractivity contribution >= 4 is 28.3 Å². The quantitative estimate of drug-likeness (QED) is 0.856. The van der Waals surface area contributed by atoms with Crippen LogP contribution in [0.4, 0.5) is 5.13 Å². The molecule has 0 aromatic carbocycles. The molecule has 1 aliphatic heterocycles. The molecule has 2 aliphatic rings. The van der Waals surface area contributed by atoms with Crippen LogP contribution in [-0.2, 0) is 9.59 Å². The van der Waals surface area contributed by atoms with Gasteiger partial charge in [-0.05, 0) is 12.3 Å². The fourth-order valence-electron chi connectivity index (χ4n) is 3.48.